The molecule has 0 fully saturated rings. The SMILES string of the molecule is CC(Sc1nnnn1-c1ccccc1)C(=O)Nc1ccc(OCc2ccccc2)cc1. The van der Waals surface area contributed by atoms with Gasteiger partial charge < -0.3 is 10.1 Å². The van der Waals surface area contributed by atoms with E-state index in [1.54, 1.807) is 4.68 Å². The summed E-state index contributed by atoms with van der Waals surface area (Å²) in [7, 11) is 0. The number of nitrogens with one attached hydrogen (secondary N) is 1. The second-order valence-electron chi connectivity index (χ2n) is 6.76. The summed E-state index contributed by atoms with van der Waals surface area (Å²) in [6, 6.07) is 26.9. The molecular formula is C23H21N5O2S. The smallest absolute Gasteiger partial charge is 0.237 e. The molecule has 1 atom stereocenters. The van der Waals surface area contributed by atoms with Crippen LogP contribution in [-0.4, -0.2) is 31.4 Å². The number of tetrazole rings is 1. The summed E-state index contributed by atoms with van der Waals surface area (Å²) in [6.07, 6.45) is 0. The third-order valence-corrected chi connectivity index (χ3v) is 5.50. The normalized spacial score (nSPS) is 11.6. The average Bonchev–Trinajstić information content (AvgIpc) is 3.28. The van der Waals surface area contributed by atoms with Crippen LogP contribution >= 0.6 is 11.8 Å². The molecule has 7 nitrogen and oxygen atoms in total. The molecule has 1 amide bonds. The van der Waals surface area contributed by atoms with Gasteiger partial charge in [-0.05, 0) is 59.3 Å². The topological polar surface area (TPSA) is 81.9 Å². The second-order valence-corrected chi connectivity index (χ2v) is 8.06. The number of hydrogen-bond acceptors (Lipinski definition) is 6. The molecule has 0 radical (unpaired) electrons. The van der Waals surface area contributed by atoms with E-state index in [1.807, 2.05) is 91.9 Å². The van der Waals surface area contributed by atoms with Gasteiger partial charge in [0.2, 0.25) is 11.1 Å². The molecule has 4 rings (SSSR count). The number of hydrogen-bond donors (Lipinski definition) is 1. The Morgan fingerprint density at radius 1 is 1.00 bits per heavy atom. The zero-order valence-corrected chi connectivity index (χ0v) is 17.7. The lowest BCUT2D eigenvalue weighted by Gasteiger charge is -2.12. The fourth-order valence-corrected chi connectivity index (χ4v) is 3.62. The maximum atomic E-state index is 12.6. The zero-order valence-electron chi connectivity index (χ0n) is 16.9. The first-order valence-corrected chi connectivity index (χ1v) is 10.6. The first-order valence-electron chi connectivity index (χ1n) is 9.77. The van der Waals surface area contributed by atoms with Gasteiger partial charge in [-0.2, -0.15) is 4.68 Å². The number of thioether (sulfide) groups is 1. The highest BCUT2D eigenvalue weighted by Gasteiger charge is 2.19. The van der Waals surface area contributed by atoms with Crippen molar-refractivity contribution in [2.45, 2.75) is 23.9 Å². The van der Waals surface area contributed by atoms with Crippen molar-refractivity contribution in [3.63, 3.8) is 0 Å². The van der Waals surface area contributed by atoms with Crippen molar-refractivity contribution < 1.29 is 9.53 Å². The van der Waals surface area contributed by atoms with E-state index in [9.17, 15) is 4.79 Å². The molecule has 1 aromatic heterocycles. The number of rotatable bonds is 8. The molecule has 1 unspecified atom stereocenters. The number of ether oxygens (including phenoxy) is 1. The predicted octanol–water partition coefficient (Wildman–Crippen LogP) is 4.36. The van der Waals surface area contributed by atoms with Crippen molar-refractivity contribution in [3.8, 4) is 11.4 Å². The molecule has 0 bridgehead atoms. The molecule has 156 valence electrons. The van der Waals surface area contributed by atoms with E-state index in [0.29, 0.717) is 17.5 Å². The lowest BCUT2D eigenvalue weighted by Crippen LogP contribution is -2.22. The Balaban J connectivity index is 1.33. The first kappa shape index (κ1) is 20.6. The molecule has 3 aromatic carbocycles. The Hall–Kier alpha value is -3.65. The molecule has 0 aliphatic carbocycles. The van der Waals surface area contributed by atoms with Crippen LogP contribution in [0.25, 0.3) is 5.69 Å². The third kappa shape index (κ3) is 5.49. The number of aromatic nitrogens is 4. The summed E-state index contributed by atoms with van der Waals surface area (Å²) in [6.45, 7) is 2.32. The van der Waals surface area contributed by atoms with E-state index in [0.717, 1.165) is 17.0 Å². The van der Waals surface area contributed by atoms with Gasteiger partial charge in [0.25, 0.3) is 0 Å². The van der Waals surface area contributed by atoms with Crippen LogP contribution in [-0.2, 0) is 11.4 Å². The summed E-state index contributed by atoms with van der Waals surface area (Å²) in [5.74, 6) is 0.608. The zero-order chi connectivity index (χ0) is 21.5. The monoisotopic (exact) mass is 431 g/mol. The van der Waals surface area contributed by atoms with Gasteiger partial charge >= 0.3 is 0 Å². The van der Waals surface area contributed by atoms with Crippen LogP contribution in [0.1, 0.15) is 12.5 Å². The Bertz CT molecular complexity index is 1120. The Morgan fingerprint density at radius 3 is 2.39 bits per heavy atom. The molecule has 0 aliphatic rings. The molecule has 31 heavy (non-hydrogen) atoms. The number of para-hydroxylation sites is 1. The van der Waals surface area contributed by atoms with Crippen LogP contribution in [0.2, 0.25) is 0 Å². The summed E-state index contributed by atoms with van der Waals surface area (Å²) in [5, 5.41) is 14.9. The van der Waals surface area contributed by atoms with Crippen molar-refractivity contribution in [2.24, 2.45) is 0 Å². The van der Waals surface area contributed by atoms with E-state index >= 15 is 0 Å². The fraction of sp³-hybridized carbons (Fsp3) is 0.130. The van der Waals surface area contributed by atoms with Gasteiger partial charge in [-0.25, -0.2) is 0 Å². The Morgan fingerprint density at radius 2 is 1.68 bits per heavy atom. The van der Waals surface area contributed by atoms with Crippen molar-refractivity contribution in [2.75, 3.05) is 5.32 Å². The van der Waals surface area contributed by atoms with Crippen molar-refractivity contribution >= 4 is 23.4 Å². The molecule has 0 saturated heterocycles. The van der Waals surface area contributed by atoms with Crippen LogP contribution < -0.4 is 10.1 Å². The number of carbonyl (C=O) groups excluding carboxylic acids is 1. The number of anilines is 1. The number of benzene rings is 3. The standard InChI is InChI=1S/C23H21N5O2S/c1-17(31-23-25-26-27-28(23)20-10-6-3-7-11-20)22(29)24-19-12-14-21(15-13-19)30-16-18-8-4-2-5-9-18/h2-15,17H,16H2,1H3,(H,24,29). The number of carbonyl (C=O) groups is 1. The van der Waals surface area contributed by atoms with Gasteiger partial charge in [0, 0.05) is 5.69 Å². The van der Waals surface area contributed by atoms with Crippen LogP contribution in [0.3, 0.4) is 0 Å². The molecule has 0 saturated carbocycles. The maximum Gasteiger partial charge on any atom is 0.237 e. The Kier molecular flexibility index (Phi) is 6.59. The van der Waals surface area contributed by atoms with Crippen molar-refractivity contribution in [1.29, 1.82) is 0 Å². The van der Waals surface area contributed by atoms with Gasteiger partial charge in [0.15, 0.2) is 0 Å². The minimum Gasteiger partial charge on any atom is -0.489 e. The number of nitrogens with zero attached hydrogens (tertiary/aromatic N) is 4. The molecule has 1 heterocycles. The molecule has 1 N–H and O–H groups in total. The van der Waals surface area contributed by atoms with Gasteiger partial charge in [-0.1, -0.05) is 60.3 Å². The van der Waals surface area contributed by atoms with Crippen molar-refractivity contribution in [3.05, 3.63) is 90.5 Å². The largest absolute Gasteiger partial charge is 0.489 e. The lowest BCUT2D eigenvalue weighted by atomic mass is 10.2. The minimum atomic E-state index is -0.387. The van der Waals surface area contributed by atoms with E-state index in [4.69, 9.17) is 4.74 Å². The fourth-order valence-electron chi connectivity index (χ4n) is 2.81. The summed E-state index contributed by atoms with van der Waals surface area (Å²) in [4.78, 5) is 12.6. The van der Waals surface area contributed by atoms with Gasteiger partial charge in [0.1, 0.15) is 12.4 Å². The highest BCUT2D eigenvalue weighted by Crippen LogP contribution is 2.24. The quantitative estimate of drug-likeness (QED) is 0.418. The Labute approximate surface area is 184 Å². The van der Waals surface area contributed by atoms with Gasteiger partial charge in [-0.3, -0.25) is 4.79 Å². The summed E-state index contributed by atoms with van der Waals surface area (Å²) < 4.78 is 7.40. The maximum absolute atomic E-state index is 12.6. The van der Waals surface area contributed by atoms with Crippen LogP contribution in [0.5, 0.6) is 5.75 Å². The van der Waals surface area contributed by atoms with E-state index in [2.05, 4.69) is 20.8 Å². The van der Waals surface area contributed by atoms with Crippen LogP contribution in [0.15, 0.2) is 90.1 Å². The highest BCUT2D eigenvalue weighted by molar-refractivity contribution is 8.00. The van der Waals surface area contributed by atoms with Gasteiger partial charge in [0.05, 0.1) is 10.9 Å². The van der Waals surface area contributed by atoms with E-state index < -0.39 is 0 Å². The van der Waals surface area contributed by atoms with Crippen molar-refractivity contribution in [1.82, 2.24) is 20.2 Å². The molecule has 0 aliphatic heterocycles. The average molecular weight is 432 g/mol. The minimum absolute atomic E-state index is 0.134. The molecule has 0 spiro atoms. The third-order valence-electron chi connectivity index (χ3n) is 4.46. The first-order chi connectivity index (χ1) is 15.2. The van der Waals surface area contributed by atoms with Crippen LogP contribution in [0, 0.1) is 0 Å². The summed E-state index contributed by atoms with van der Waals surface area (Å²) >= 11 is 1.30. The summed E-state index contributed by atoms with van der Waals surface area (Å²) in [5.41, 5.74) is 2.64. The second kappa shape index (κ2) is 9.90. The molecular weight excluding hydrogens is 410 g/mol. The van der Waals surface area contributed by atoms with Crippen LogP contribution in [0.4, 0.5) is 5.69 Å². The number of amides is 1. The molecule has 4 aromatic rings. The molecule has 8 heteroatoms. The highest BCUT2D eigenvalue weighted by atomic mass is 32.2. The lowest BCUT2D eigenvalue weighted by molar-refractivity contribution is -0.115. The van der Waals surface area contributed by atoms with E-state index in [-0.39, 0.29) is 11.2 Å². The van der Waals surface area contributed by atoms with E-state index in [1.165, 1.54) is 11.8 Å². The van der Waals surface area contributed by atoms with Gasteiger partial charge in [-0.15, -0.1) is 5.10 Å². The predicted molar refractivity (Wildman–Crippen MR) is 120 cm³/mol.